The van der Waals surface area contributed by atoms with Crippen molar-refractivity contribution in [2.45, 2.75) is 25.8 Å². The monoisotopic (exact) mass is 379 g/mol. The molecule has 0 bridgehead atoms. The van der Waals surface area contributed by atoms with Crippen LogP contribution in [0, 0.1) is 0 Å². The van der Waals surface area contributed by atoms with Gasteiger partial charge in [0.2, 0.25) is 5.91 Å². The molecule has 6 heteroatoms. The van der Waals surface area contributed by atoms with Gasteiger partial charge in [-0.15, -0.1) is 0 Å². The minimum Gasteiger partial charge on any atom is -0.497 e. The maximum atomic E-state index is 12.8. The summed E-state index contributed by atoms with van der Waals surface area (Å²) < 4.78 is 13.1. The predicted molar refractivity (Wildman–Crippen MR) is 109 cm³/mol. The number of nitrogens with zero attached hydrogens (tertiary/aromatic N) is 3. The summed E-state index contributed by atoms with van der Waals surface area (Å²) in [4.78, 5) is 19.5. The summed E-state index contributed by atoms with van der Waals surface area (Å²) in [6.45, 7) is 4.66. The van der Waals surface area contributed by atoms with Gasteiger partial charge in [0.1, 0.15) is 11.6 Å². The summed E-state index contributed by atoms with van der Waals surface area (Å²) in [5.41, 5.74) is 2.91. The van der Waals surface area contributed by atoms with E-state index in [2.05, 4.69) is 10.6 Å². The van der Waals surface area contributed by atoms with Crippen molar-refractivity contribution >= 4 is 22.6 Å². The Morgan fingerprint density at radius 3 is 2.86 bits per heavy atom. The molecule has 6 nitrogen and oxygen atoms in total. The predicted octanol–water partition coefficient (Wildman–Crippen LogP) is 3.60. The van der Waals surface area contributed by atoms with Gasteiger partial charge >= 0.3 is 0 Å². The van der Waals surface area contributed by atoms with E-state index in [0.29, 0.717) is 26.2 Å². The zero-order valence-electron chi connectivity index (χ0n) is 16.3. The summed E-state index contributed by atoms with van der Waals surface area (Å²) in [6.07, 6.45) is 0.454. The number of carbonyl (C=O) groups excluding carboxylic acids is 1. The second kappa shape index (κ2) is 8.02. The molecule has 4 rings (SSSR count). The number of aromatic nitrogens is 2. The van der Waals surface area contributed by atoms with Gasteiger partial charge in [0, 0.05) is 43.8 Å². The first-order valence-electron chi connectivity index (χ1n) is 9.68. The normalized spacial score (nSPS) is 16.9. The molecule has 1 amide bonds. The first kappa shape index (κ1) is 18.5. The number of hydrogen-bond acceptors (Lipinski definition) is 4. The molecule has 0 radical (unpaired) electrons. The third kappa shape index (κ3) is 3.47. The van der Waals surface area contributed by atoms with Gasteiger partial charge in [-0.25, -0.2) is 4.98 Å². The van der Waals surface area contributed by atoms with E-state index in [9.17, 15) is 4.79 Å². The summed E-state index contributed by atoms with van der Waals surface area (Å²) >= 11 is 0. The molecule has 0 N–H and O–H groups in total. The average molecular weight is 379 g/mol. The van der Waals surface area contributed by atoms with E-state index >= 15 is 0 Å². The van der Waals surface area contributed by atoms with Gasteiger partial charge < -0.3 is 18.9 Å². The number of anilines is 1. The molecule has 1 aliphatic heterocycles. The van der Waals surface area contributed by atoms with E-state index in [0.717, 1.165) is 34.8 Å². The molecule has 0 aliphatic carbocycles. The quantitative estimate of drug-likeness (QED) is 0.589. The Balaban J connectivity index is 1.64. The Labute approximate surface area is 164 Å². The number of hydrogen-bond donors (Lipinski definition) is 0. The molecule has 3 aromatic rings. The molecule has 1 unspecified atom stereocenters. The molecule has 1 atom stereocenters. The van der Waals surface area contributed by atoms with Crippen molar-refractivity contribution in [2.24, 2.45) is 0 Å². The van der Waals surface area contributed by atoms with E-state index < -0.39 is 0 Å². The van der Waals surface area contributed by atoms with E-state index in [1.807, 2.05) is 54.3 Å². The fourth-order valence-electron chi connectivity index (χ4n) is 3.85. The third-order valence-electron chi connectivity index (χ3n) is 5.20. The Morgan fingerprint density at radius 2 is 2.04 bits per heavy atom. The highest BCUT2D eigenvalue weighted by Gasteiger charge is 2.34. The Bertz CT molecular complexity index is 982. The van der Waals surface area contributed by atoms with Crippen LogP contribution in [-0.2, 0) is 16.1 Å². The fourth-order valence-corrected chi connectivity index (χ4v) is 3.85. The Morgan fingerprint density at radius 1 is 1.18 bits per heavy atom. The largest absolute Gasteiger partial charge is 0.497 e. The zero-order valence-corrected chi connectivity index (χ0v) is 16.3. The van der Waals surface area contributed by atoms with Crippen molar-refractivity contribution in [3.8, 4) is 5.75 Å². The van der Waals surface area contributed by atoms with E-state index in [1.165, 1.54) is 0 Å². The number of para-hydroxylation sites is 2. The van der Waals surface area contributed by atoms with Crippen LogP contribution in [0.1, 0.15) is 25.1 Å². The molecule has 1 saturated heterocycles. The Kier molecular flexibility index (Phi) is 5.30. The lowest BCUT2D eigenvalue weighted by Crippen LogP contribution is -2.24. The van der Waals surface area contributed by atoms with Gasteiger partial charge in [-0.3, -0.25) is 4.79 Å². The van der Waals surface area contributed by atoms with Gasteiger partial charge in [-0.1, -0.05) is 18.2 Å². The van der Waals surface area contributed by atoms with Crippen molar-refractivity contribution < 1.29 is 14.3 Å². The molecular weight excluding hydrogens is 354 g/mol. The molecular formula is C22H25N3O3. The number of amides is 1. The van der Waals surface area contributed by atoms with Crippen molar-refractivity contribution in [3.63, 3.8) is 0 Å². The first-order chi connectivity index (χ1) is 13.7. The molecule has 0 spiro atoms. The van der Waals surface area contributed by atoms with Crippen LogP contribution in [0.25, 0.3) is 11.0 Å². The van der Waals surface area contributed by atoms with Crippen LogP contribution in [-0.4, -0.2) is 42.3 Å². The summed E-state index contributed by atoms with van der Waals surface area (Å²) in [5.74, 6) is 1.87. The van der Waals surface area contributed by atoms with Crippen LogP contribution in [0.3, 0.4) is 0 Å². The summed E-state index contributed by atoms with van der Waals surface area (Å²) in [7, 11) is 1.63. The summed E-state index contributed by atoms with van der Waals surface area (Å²) in [5, 5.41) is 0. The number of imidazole rings is 1. The molecule has 1 aromatic heterocycles. The van der Waals surface area contributed by atoms with Crippen LogP contribution in [0.15, 0.2) is 48.5 Å². The van der Waals surface area contributed by atoms with Crippen molar-refractivity contribution in [2.75, 3.05) is 31.8 Å². The van der Waals surface area contributed by atoms with Crippen LogP contribution >= 0.6 is 0 Å². The van der Waals surface area contributed by atoms with Crippen LogP contribution in [0.4, 0.5) is 5.69 Å². The van der Waals surface area contributed by atoms with E-state index in [-0.39, 0.29) is 11.8 Å². The molecule has 0 saturated carbocycles. The smallest absolute Gasteiger partial charge is 0.227 e. The maximum absolute atomic E-state index is 12.8. The number of benzene rings is 2. The number of rotatable bonds is 7. The highest BCUT2D eigenvalue weighted by molar-refractivity contribution is 5.96. The van der Waals surface area contributed by atoms with Gasteiger partial charge in [-0.2, -0.15) is 0 Å². The van der Waals surface area contributed by atoms with Gasteiger partial charge in [0.05, 0.1) is 24.8 Å². The fraction of sp³-hybridized carbons (Fsp3) is 0.364. The molecule has 2 aromatic carbocycles. The van der Waals surface area contributed by atoms with Crippen LogP contribution < -0.4 is 9.64 Å². The standard InChI is InChI=1S/C22H25N3O3/c1-3-28-12-11-24-20-10-5-4-9-19(20)23-22(24)16-13-21(26)25(15-16)17-7-6-8-18(14-17)27-2/h4-10,14,16H,3,11-13,15H2,1-2H3. The lowest BCUT2D eigenvalue weighted by atomic mass is 10.1. The highest BCUT2D eigenvalue weighted by Crippen LogP contribution is 2.34. The molecule has 1 aliphatic rings. The Hall–Kier alpha value is -2.86. The van der Waals surface area contributed by atoms with Crippen molar-refractivity contribution in [1.82, 2.24) is 9.55 Å². The van der Waals surface area contributed by atoms with Gasteiger partial charge in [0.15, 0.2) is 0 Å². The van der Waals surface area contributed by atoms with Gasteiger partial charge in [-0.05, 0) is 31.2 Å². The number of carbonyl (C=O) groups is 1. The van der Waals surface area contributed by atoms with Crippen LogP contribution in [0.5, 0.6) is 5.75 Å². The minimum absolute atomic E-state index is 0.0488. The summed E-state index contributed by atoms with van der Waals surface area (Å²) in [6, 6.07) is 15.8. The average Bonchev–Trinajstić information content (AvgIpc) is 3.29. The van der Waals surface area contributed by atoms with E-state index in [4.69, 9.17) is 14.5 Å². The number of methoxy groups -OCH3 is 1. The molecule has 146 valence electrons. The zero-order chi connectivity index (χ0) is 19.5. The second-order valence-corrected chi connectivity index (χ2v) is 6.91. The minimum atomic E-state index is 0.0488. The number of fused-ring (bicyclic) bond motifs is 1. The molecule has 2 heterocycles. The van der Waals surface area contributed by atoms with Crippen LogP contribution in [0.2, 0.25) is 0 Å². The lowest BCUT2D eigenvalue weighted by molar-refractivity contribution is -0.117. The van der Waals surface area contributed by atoms with Crippen molar-refractivity contribution in [1.29, 1.82) is 0 Å². The van der Waals surface area contributed by atoms with Gasteiger partial charge in [0.25, 0.3) is 0 Å². The third-order valence-corrected chi connectivity index (χ3v) is 5.20. The topological polar surface area (TPSA) is 56.6 Å². The van der Waals surface area contributed by atoms with E-state index in [1.54, 1.807) is 7.11 Å². The second-order valence-electron chi connectivity index (χ2n) is 6.91. The van der Waals surface area contributed by atoms with Crippen molar-refractivity contribution in [3.05, 3.63) is 54.4 Å². The lowest BCUT2D eigenvalue weighted by Gasteiger charge is -2.18. The molecule has 1 fully saturated rings. The number of ether oxygens (including phenoxy) is 2. The first-order valence-corrected chi connectivity index (χ1v) is 9.68. The maximum Gasteiger partial charge on any atom is 0.227 e. The SMILES string of the molecule is CCOCCn1c(C2CC(=O)N(c3cccc(OC)c3)C2)nc2ccccc21. The highest BCUT2D eigenvalue weighted by atomic mass is 16.5. The molecule has 28 heavy (non-hydrogen) atoms.